The molecule has 28 heavy (non-hydrogen) atoms. The molecule has 10 heteroatoms. The zero-order valence-corrected chi connectivity index (χ0v) is 19.8. The number of nitrogens with zero attached hydrogens (tertiary/aromatic N) is 2. The summed E-state index contributed by atoms with van der Waals surface area (Å²) in [5.41, 5.74) is 0.436. The van der Waals surface area contributed by atoms with Gasteiger partial charge in [0, 0.05) is 37.3 Å². The number of likely N-dealkylation sites (tertiary alicyclic amines) is 1. The fourth-order valence-electron chi connectivity index (χ4n) is 3.21. The maximum atomic E-state index is 12.7. The van der Waals surface area contributed by atoms with Gasteiger partial charge in [-0.3, -0.25) is 4.99 Å². The van der Waals surface area contributed by atoms with Gasteiger partial charge in [-0.1, -0.05) is 30.1 Å². The van der Waals surface area contributed by atoms with E-state index in [2.05, 4.69) is 32.2 Å². The second-order valence-electron chi connectivity index (χ2n) is 6.46. The Morgan fingerprint density at radius 2 is 2.11 bits per heavy atom. The highest BCUT2D eigenvalue weighted by Crippen LogP contribution is 2.33. The number of alkyl halides is 2. The number of rotatable bonds is 7. The van der Waals surface area contributed by atoms with Crippen LogP contribution in [0.4, 0.5) is 8.78 Å². The van der Waals surface area contributed by atoms with Gasteiger partial charge in [-0.25, -0.2) is 0 Å². The van der Waals surface area contributed by atoms with Gasteiger partial charge in [-0.2, -0.15) is 8.78 Å². The molecule has 1 atom stereocenters. The monoisotopic (exact) mass is 550 g/mol. The number of ether oxygens (including phenoxy) is 1. The molecule has 0 amide bonds. The van der Waals surface area contributed by atoms with Gasteiger partial charge in [0.15, 0.2) is 5.96 Å². The smallest absolute Gasteiger partial charge is 0.387 e. The molecule has 1 fully saturated rings. The molecular formula is C18H27Cl2F2IN4O. The van der Waals surface area contributed by atoms with E-state index in [1.807, 2.05) is 0 Å². The molecule has 0 aliphatic carbocycles. The van der Waals surface area contributed by atoms with Crippen LogP contribution in [0.1, 0.15) is 25.3 Å². The van der Waals surface area contributed by atoms with Gasteiger partial charge in [-0.15, -0.1) is 24.0 Å². The van der Waals surface area contributed by atoms with Crippen molar-refractivity contribution in [1.29, 1.82) is 0 Å². The normalized spacial score (nSPS) is 18.0. The van der Waals surface area contributed by atoms with E-state index >= 15 is 0 Å². The standard InChI is InChI=1S/C18H26Cl2F2N4O.HI/c1-3-26-6-4-5-12(11-26)9-24-18(23-2)25-10-13-7-14(19)8-15(20)16(13)27-17(21)22;/h7-8,12,17H,3-6,9-11H2,1-2H3,(H2,23,24,25);1H. The van der Waals surface area contributed by atoms with E-state index in [0.717, 1.165) is 26.2 Å². The van der Waals surface area contributed by atoms with E-state index in [0.29, 0.717) is 22.5 Å². The van der Waals surface area contributed by atoms with Gasteiger partial charge in [0.1, 0.15) is 5.75 Å². The summed E-state index contributed by atoms with van der Waals surface area (Å²) >= 11 is 12.0. The second kappa shape index (κ2) is 12.9. The quantitative estimate of drug-likeness (QED) is 0.296. The molecule has 160 valence electrons. The van der Waals surface area contributed by atoms with Crippen LogP contribution in [0.2, 0.25) is 10.0 Å². The molecule has 0 aromatic heterocycles. The lowest BCUT2D eigenvalue weighted by atomic mass is 9.98. The molecule has 1 aliphatic heterocycles. The number of piperidine rings is 1. The van der Waals surface area contributed by atoms with E-state index in [9.17, 15) is 8.78 Å². The molecule has 1 aromatic carbocycles. The Labute approximate surface area is 192 Å². The van der Waals surface area contributed by atoms with Gasteiger partial charge >= 0.3 is 6.61 Å². The summed E-state index contributed by atoms with van der Waals surface area (Å²) in [6.07, 6.45) is 2.37. The molecule has 0 spiro atoms. The zero-order chi connectivity index (χ0) is 19.8. The first-order chi connectivity index (χ1) is 12.9. The van der Waals surface area contributed by atoms with E-state index in [-0.39, 0.29) is 41.3 Å². The minimum atomic E-state index is -2.97. The summed E-state index contributed by atoms with van der Waals surface area (Å²) in [6, 6.07) is 2.92. The number of nitrogens with one attached hydrogen (secondary N) is 2. The molecule has 1 aliphatic rings. The second-order valence-corrected chi connectivity index (χ2v) is 7.31. The molecule has 2 rings (SSSR count). The Morgan fingerprint density at radius 3 is 2.75 bits per heavy atom. The first kappa shape index (κ1) is 25.5. The van der Waals surface area contributed by atoms with E-state index in [4.69, 9.17) is 23.2 Å². The summed E-state index contributed by atoms with van der Waals surface area (Å²) < 4.78 is 29.9. The average molecular weight is 551 g/mol. The Bertz CT molecular complexity index is 652. The van der Waals surface area contributed by atoms with Crippen molar-refractivity contribution in [3.63, 3.8) is 0 Å². The van der Waals surface area contributed by atoms with Crippen LogP contribution in [0, 0.1) is 5.92 Å². The lowest BCUT2D eigenvalue weighted by Gasteiger charge is -2.32. The topological polar surface area (TPSA) is 48.9 Å². The van der Waals surface area contributed by atoms with Crippen molar-refractivity contribution >= 4 is 53.1 Å². The van der Waals surface area contributed by atoms with E-state index < -0.39 is 6.61 Å². The number of hydrogen-bond donors (Lipinski definition) is 2. The fourth-order valence-corrected chi connectivity index (χ4v) is 3.79. The first-order valence-corrected chi connectivity index (χ1v) is 9.78. The van der Waals surface area contributed by atoms with Crippen molar-refractivity contribution in [2.24, 2.45) is 10.9 Å². The highest BCUT2D eigenvalue weighted by atomic mass is 127. The van der Waals surface area contributed by atoms with Crippen molar-refractivity contribution in [2.45, 2.75) is 32.9 Å². The average Bonchev–Trinajstić information content (AvgIpc) is 2.64. The van der Waals surface area contributed by atoms with Crippen LogP contribution in [0.5, 0.6) is 5.75 Å². The molecule has 0 bridgehead atoms. The number of hydrogen-bond acceptors (Lipinski definition) is 3. The Morgan fingerprint density at radius 1 is 1.36 bits per heavy atom. The Balaban J connectivity index is 0.00000392. The SMILES string of the molecule is CCN1CCCC(CNC(=NC)NCc2cc(Cl)cc(Cl)c2OC(F)F)C1.I. The number of halogens is 5. The summed E-state index contributed by atoms with van der Waals surface area (Å²) in [5.74, 6) is 1.06. The van der Waals surface area contributed by atoms with Crippen LogP contribution < -0.4 is 15.4 Å². The zero-order valence-electron chi connectivity index (χ0n) is 16.0. The van der Waals surface area contributed by atoms with Crippen LogP contribution >= 0.6 is 47.2 Å². The van der Waals surface area contributed by atoms with Crippen molar-refractivity contribution in [2.75, 3.05) is 33.2 Å². The van der Waals surface area contributed by atoms with Gasteiger partial charge in [-0.05, 0) is 44.0 Å². The molecule has 1 saturated heterocycles. The molecule has 2 N–H and O–H groups in total. The minimum absolute atomic E-state index is 0. The van der Waals surface area contributed by atoms with Crippen LogP contribution in [0.25, 0.3) is 0 Å². The largest absolute Gasteiger partial charge is 0.433 e. The van der Waals surface area contributed by atoms with Gasteiger partial charge in [0.05, 0.1) is 5.02 Å². The van der Waals surface area contributed by atoms with Crippen LogP contribution in [0.15, 0.2) is 17.1 Å². The number of aliphatic imine (C=N–C) groups is 1. The number of guanidine groups is 1. The summed E-state index contributed by atoms with van der Waals surface area (Å²) in [5, 5.41) is 6.80. The van der Waals surface area contributed by atoms with E-state index in [1.165, 1.54) is 18.9 Å². The molecule has 1 unspecified atom stereocenters. The van der Waals surface area contributed by atoms with Gasteiger partial charge in [0.2, 0.25) is 0 Å². The van der Waals surface area contributed by atoms with Crippen molar-refractivity contribution < 1.29 is 13.5 Å². The minimum Gasteiger partial charge on any atom is -0.433 e. The molecule has 1 aromatic rings. The lowest BCUT2D eigenvalue weighted by Crippen LogP contribution is -2.44. The third-order valence-corrected chi connectivity index (χ3v) is 5.07. The predicted molar refractivity (Wildman–Crippen MR) is 122 cm³/mol. The highest BCUT2D eigenvalue weighted by molar-refractivity contribution is 14.0. The molecule has 0 saturated carbocycles. The van der Waals surface area contributed by atoms with Crippen LogP contribution in [-0.2, 0) is 6.54 Å². The van der Waals surface area contributed by atoms with Crippen LogP contribution in [-0.4, -0.2) is 50.7 Å². The summed E-state index contributed by atoms with van der Waals surface area (Å²) in [4.78, 5) is 6.63. The summed E-state index contributed by atoms with van der Waals surface area (Å²) in [6.45, 7) is 3.49. The van der Waals surface area contributed by atoms with E-state index in [1.54, 1.807) is 13.1 Å². The van der Waals surface area contributed by atoms with Crippen molar-refractivity contribution in [3.05, 3.63) is 27.7 Å². The van der Waals surface area contributed by atoms with Gasteiger partial charge in [0.25, 0.3) is 0 Å². The van der Waals surface area contributed by atoms with Crippen molar-refractivity contribution in [1.82, 2.24) is 15.5 Å². The predicted octanol–water partition coefficient (Wildman–Crippen LogP) is 4.61. The van der Waals surface area contributed by atoms with Crippen molar-refractivity contribution in [3.8, 4) is 5.75 Å². The van der Waals surface area contributed by atoms with Crippen LogP contribution in [0.3, 0.4) is 0 Å². The highest BCUT2D eigenvalue weighted by Gasteiger charge is 2.19. The Hall–Kier alpha value is -0.580. The molecule has 0 radical (unpaired) electrons. The third kappa shape index (κ3) is 8.04. The molecule has 5 nitrogen and oxygen atoms in total. The summed E-state index contributed by atoms with van der Waals surface area (Å²) in [7, 11) is 1.66. The molecule has 1 heterocycles. The maximum absolute atomic E-state index is 12.7. The fraction of sp³-hybridized carbons (Fsp3) is 0.611. The number of benzene rings is 1. The first-order valence-electron chi connectivity index (χ1n) is 9.02. The third-order valence-electron chi connectivity index (χ3n) is 4.57. The maximum Gasteiger partial charge on any atom is 0.387 e. The van der Waals surface area contributed by atoms with Gasteiger partial charge < -0.3 is 20.3 Å². The Kier molecular flexibility index (Phi) is 11.7. The lowest BCUT2D eigenvalue weighted by molar-refractivity contribution is -0.0504. The molecular weight excluding hydrogens is 524 g/mol.